The Kier molecular flexibility index (Phi) is 6.84. The normalized spacial score (nSPS) is 14.6. The molecule has 0 spiro atoms. The monoisotopic (exact) mass is 648 g/mol. The van der Waals surface area contributed by atoms with E-state index in [2.05, 4.69) is 153 Å². The molecule has 3 heteroatoms. The number of hydrogen-bond donors (Lipinski definition) is 0. The van der Waals surface area contributed by atoms with Crippen LogP contribution in [0, 0.1) is 0 Å². The van der Waals surface area contributed by atoms with Crippen molar-refractivity contribution in [2.24, 2.45) is 0 Å². The van der Waals surface area contributed by atoms with Crippen molar-refractivity contribution in [2.75, 3.05) is 0 Å². The van der Waals surface area contributed by atoms with Crippen LogP contribution in [0.25, 0.3) is 44.5 Å². The first kappa shape index (κ1) is 29.9. The van der Waals surface area contributed by atoms with E-state index < -0.39 is 7.92 Å². The van der Waals surface area contributed by atoms with Gasteiger partial charge >= 0.3 is 0 Å². The first-order valence-electron chi connectivity index (χ1n) is 17.1. The lowest BCUT2D eigenvalue weighted by Gasteiger charge is -2.26. The number of pyridine rings is 2. The molecule has 2 aliphatic carbocycles. The Morgan fingerprint density at radius 1 is 0.388 bits per heavy atom. The second kappa shape index (κ2) is 11.2. The Labute approximate surface area is 290 Å². The van der Waals surface area contributed by atoms with Gasteiger partial charge in [-0.05, 0) is 127 Å². The molecule has 236 valence electrons. The molecule has 2 aromatic heterocycles. The van der Waals surface area contributed by atoms with E-state index in [0.29, 0.717) is 0 Å². The Balaban J connectivity index is 1.14. The van der Waals surface area contributed by atoms with Crippen LogP contribution in [0.3, 0.4) is 0 Å². The maximum Gasteiger partial charge on any atom is 0.0346 e. The Morgan fingerprint density at radius 2 is 0.816 bits per heavy atom. The number of hydrogen-bond acceptors (Lipinski definition) is 2. The summed E-state index contributed by atoms with van der Waals surface area (Å²) in [4.78, 5) is 8.76. The molecule has 0 saturated heterocycles. The fourth-order valence-electron chi connectivity index (χ4n) is 8.18. The van der Waals surface area contributed by atoms with E-state index in [9.17, 15) is 0 Å². The molecule has 0 fully saturated rings. The lowest BCUT2D eigenvalue weighted by Crippen LogP contribution is -2.24. The van der Waals surface area contributed by atoms with Gasteiger partial charge in [0.15, 0.2) is 0 Å². The number of rotatable bonds is 5. The maximum atomic E-state index is 4.38. The third-order valence-corrected chi connectivity index (χ3v) is 13.2. The van der Waals surface area contributed by atoms with E-state index in [1.807, 2.05) is 36.9 Å². The number of nitrogens with zero attached hydrogens (tertiary/aromatic N) is 2. The summed E-state index contributed by atoms with van der Waals surface area (Å²) in [5, 5.41) is 4.15. The van der Waals surface area contributed by atoms with Gasteiger partial charge in [0.1, 0.15) is 0 Å². The van der Waals surface area contributed by atoms with Crippen molar-refractivity contribution < 1.29 is 0 Å². The van der Waals surface area contributed by atoms with Crippen LogP contribution in [-0.4, -0.2) is 9.97 Å². The van der Waals surface area contributed by atoms with Crippen molar-refractivity contribution in [2.45, 2.75) is 38.5 Å². The fourth-order valence-corrected chi connectivity index (χ4v) is 10.5. The molecule has 0 N–H and O–H groups in total. The molecule has 0 radical (unpaired) electrons. The highest BCUT2D eigenvalue weighted by atomic mass is 31.1. The van der Waals surface area contributed by atoms with Crippen molar-refractivity contribution in [1.82, 2.24) is 9.97 Å². The third kappa shape index (κ3) is 4.73. The minimum atomic E-state index is -0.795. The lowest BCUT2D eigenvalue weighted by atomic mass is 9.81. The van der Waals surface area contributed by atoms with E-state index in [1.54, 1.807) is 0 Å². The highest BCUT2D eigenvalue weighted by Gasteiger charge is 2.38. The van der Waals surface area contributed by atoms with Crippen LogP contribution < -0.4 is 15.9 Å². The minimum Gasteiger partial charge on any atom is -0.264 e. The Bertz CT molecular complexity index is 2230. The molecule has 7 aromatic rings. The molecule has 0 bridgehead atoms. The average Bonchev–Trinajstić information content (AvgIpc) is 3.51. The van der Waals surface area contributed by atoms with Crippen LogP contribution in [-0.2, 0) is 10.8 Å². The van der Waals surface area contributed by atoms with Crippen LogP contribution in [0.2, 0.25) is 0 Å². The van der Waals surface area contributed by atoms with Gasteiger partial charge < -0.3 is 0 Å². The summed E-state index contributed by atoms with van der Waals surface area (Å²) in [7, 11) is -0.795. The average molecular weight is 649 g/mol. The van der Waals surface area contributed by atoms with Crippen molar-refractivity contribution >= 4 is 23.8 Å². The topological polar surface area (TPSA) is 25.8 Å². The lowest BCUT2D eigenvalue weighted by molar-refractivity contribution is 0.661. The van der Waals surface area contributed by atoms with Crippen LogP contribution in [0.4, 0.5) is 0 Å². The molecule has 2 heterocycles. The molecule has 5 aromatic carbocycles. The molecule has 49 heavy (non-hydrogen) atoms. The molecule has 0 aliphatic heterocycles. The summed E-state index contributed by atoms with van der Waals surface area (Å²) in [6.45, 7) is 9.53. The SMILES string of the molecule is CC1(C)c2cc(-c3cccnc3)ccc2-c2ccc(P(c3ccccc3)c3ccc4c(c3)C(C)(C)c3cc(-c5cccnc5)ccc3-4)cc21. The van der Waals surface area contributed by atoms with Crippen LogP contribution in [0.15, 0.2) is 152 Å². The molecule has 0 atom stereocenters. The Hall–Kier alpha value is -5.17. The highest BCUT2D eigenvalue weighted by molar-refractivity contribution is 7.79. The summed E-state index contributed by atoms with van der Waals surface area (Å²) in [5.41, 5.74) is 15.4. The minimum absolute atomic E-state index is 0.121. The molecule has 0 unspecified atom stereocenters. The highest BCUT2D eigenvalue weighted by Crippen LogP contribution is 2.52. The van der Waals surface area contributed by atoms with Gasteiger partial charge in [-0.15, -0.1) is 0 Å². The predicted octanol–water partition coefficient (Wildman–Crippen LogP) is 10.2. The predicted molar refractivity (Wildman–Crippen MR) is 207 cm³/mol. The van der Waals surface area contributed by atoms with Crippen molar-refractivity contribution in [3.8, 4) is 44.5 Å². The van der Waals surface area contributed by atoms with Crippen LogP contribution in [0.5, 0.6) is 0 Å². The van der Waals surface area contributed by atoms with Gasteiger partial charge in [0.2, 0.25) is 0 Å². The zero-order valence-corrected chi connectivity index (χ0v) is 29.2. The molecule has 2 nitrogen and oxygen atoms in total. The van der Waals surface area contributed by atoms with Gasteiger partial charge in [-0.3, -0.25) is 9.97 Å². The number of benzene rings is 5. The molecule has 2 aliphatic rings. The number of fused-ring (bicyclic) bond motifs is 6. The van der Waals surface area contributed by atoms with Crippen LogP contribution >= 0.6 is 7.92 Å². The van der Waals surface area contributed by atoms with E-state index in [1.165, 1.54) is 71.5 Å². The quantitative estimate of drug-likeness (QED) is 0.174. The first-order valence-corrected chi connectivity index (χ1v) is 18.4. The van der Waals surface area contributed by atoms with Gasteiger partial charge in [-0.2, -0.15) is 0 Å². The maximum absolute atomic E-state index is 4.38. The van der Waals surface area contributed by atoms with E-state index in [4.69, 9.17) is 0 Å². The molecule has 0 amide bonds. The van der Waals surface area contributed by atoms with Gasteiger partial charge in [0, 0.05) is 35.6 Å². The smallest absolute Gasteiger partial charge is 0.0346 e. The fraction of sp³-hybridized carbons (Fsp3) is 0.130. The summed E-state index contributed by atoms with van der Waals surface area (Å²) in [6.07, 6.45) is 7.59. The van der Waals surface area contributed by atoms with Crippen LogP contribution in [0.1, 0.15) is 49.9 Å². The van der Waals surface area contributed by atoms with E-state index in [-0.39, 0.29) is 10.8 Å². The van der Waals surface area contributed by atoms with E-state index >= 15 is 0 Å². The van der Waals surface area contributed by atoms with Crippen molar-refractivity contribution in [3.05, 3.63) is 174 Å². The molecule has 9 rings (SSSR count). The van der Waals surface area contributed by atoms with E-state index in [0.717, 1.165) is 11.1 Å². The second-order valence-electron chi connectivity index (χ2n) is 14.4. The molecule has 0 saturated carbocycles. The second-order valence-corrected chi connectivity index (χ2v) is 16.6. The Morgan fingerprint density at radius 3 is 1.24 bits per heavy atom. The largest absolute Gasteiger partial charge is 0.264 e. The molecular formula is C46H37N2P. The van der Waals surface area contributed by atoms with Gasteiger partial charge in [-0.25, -0.2) is 0 Å². The number of aromatic nitrogens is 2. The summed E-state index contributed by atoms with van der Waals surface area (Å²) in [5.74, 6) is 0. The zero-order chi connectivity index (χ0) is 33.3. The summed E-state index contributed by atoms with van der Waals surface area (Å²) < 4.78 is 0. The van der Waals surface area contributed by atoms with Gasteiger partial charge in [-0.1, -0.05) is 119 Å². The first-order chi connectivity index (χ1) is 23.8. The zero-order valence-electron chi connectivity index (χ0n) is 28.3. The molecular weight excluding hydrogens is 611 g/mol. The van der Waals surface area contributed by atoms with Crippen molar-refractivity contribution in [1.29, 1.82) is 0 Å². The van der Waals surface area contributed by atoms with Gasteiger partial charge in [0.05, 0.1) is 0 Å². The van der Waals surface area contributed by atoms with Gasteiger partial charge in [0.25, 0.3) is 0 Å². The summed E-state index contributed by atoms with van der Waals surface area (Å²) >= 11 is 0. The van der Waals surface area contributed by atoms with Crippen molar-refractivity contribution in [3.63, 3.8) is 0 Å². The summed E-state index contributed by atoms with van der Waals surface area (Å²) in [6, 6.07) is 47.9. The standard InChI is InChI=1S/C46H37N2P/c1-45(2)41-24-30(32-10-8-22-47-28-32)14-18-37(41)39-20-16-35(26-43(39)45)49(34-12-6-5-7-13-34)36-17-21-40-38-19-15-31(33-11-9-23-48-29-33)25-42(38)46(3,4)44(40)27-36/h5-29H,1-4H3. The third-order valence-electron chi connectivity index (χ3n) is 10.8.